The molecule has 1 aromatic heterocycles. The second-order valence-electron chi connectivity index (χ2n) is 6.91. The lowest BCUT2D eigenvalue weighted by molar-refractivity contribution is -0.114. The van der Waals surface area contributed by atoms with E-state index in [2.05, 4.69) is 26.6 Å². The van der Waals surface area contributed by atoms with Crippen LogP contribution in [0.1, 0.15) is 17.3 Å². The summed E-state index contributed by atoms with van der Waals surface area (Å²) in [5.41, 5.74) is 3.66. The first-order valence-corrected chi connectivity index (χ1v) is 10.6. The zero-order valence-corrected chi connectivity index (χ0v) is 18.8. The summed E-state index contributed by atoms with van der Waals surface area (Å²) in [6.07, 6.45) is 0. The Balaban J connectivity index is 1.78. The highest BCUT2D eigenvalue weighted by Crippen LogP contribution is 2.31. The summed E-state index contributed by atoms with van der Waals surface area (Å²) in [6.45, 7) is 1.43. The van der Waals surface area contributed by atoms with Crippen LogP contribution >= 0.6 is 27.5 Å². The Morgan fingerprint density at radius 2 is 1.65 bits per heavy atom. The normalized spacial score (nSPS) is 10.7. The molecule has 0 atom stereocenters. The molecule has 1 heterocycles. The number of hydrogen-bond acceptors (Lipinski definition) is 3. The molecule has 5 nitrogen and oxygen atoms in total. The van der Waals surface area contributed by atoms with Gasteiger partial charge in [0.2, 0.25) is 5.91 Å². The van der Waals surface area contributed by atoms with Gasteiger partial charge in [-0.3, -0.25) is 9.59 Å². The Kier molecular flexibility index (Phi) is 6.02. The SMILES string of the molecule is CC(=O)Nc1cccc(NC(=O)c2cc(-c3ccccc3Cl)nc3ccc(Br)cc23)c1. The maximum atomic E-state index is 13.3. The fraction of sp³-hybridized carbons (Fsp3) is 0.0417. The molecule has 3 aromatic carbocycles. The van der Waals surface area contributed by atoms with E-state index >= 15 is 0 Å². The van der Waals surface area contributed by atoms with E-state index in [4.69, 9.17) is 16.6 Å². The minimum absolute atomic E-state index is 0.183. The van der Waals surface area contributed by atoms with E-state index in [0.29, 0.717) is 38.6 Å². The van der Waals surface area contributed by atoms with Crippen molar-refractivity contribution in [3.63, 3.8) is 0 Å². The first kappa shape index (κ1) is 21.0. The van der Waals surface area contributed by atoms with Gasteiger partial charge in [-0.25, -0.2) is 4.98 Å². The molecule has 0 aliphatic rings. The Bertz CT molecular complexity index is 1320. The summed E-state index contributed by atoms with van der Waals surface area (Å²) in [6, 6.07) is 21.7. The van der Waals surface area contributed by atoms with Crippen molar-refractivity contribution in [1.82, 2.24) is 4.98 Å². The van der Waals surface area contributed by atoms with Crippen molar-refractivity contribution < 1.29 is 9.59 Å². The number of amides is 2. The number of carbonyl (C=O) groups excluding carboxylic acids is 2. The summed E-state index contributed by atoms with van der Waals surface area (Å²) in [5, 5.41) is 6.89. The van der Waals surface area contributed by atoms with Gasteiger partial charge in [-0.2, -0.15) is 0 Å². The van der Waals surface area contributed by atoms with E-state index in [-0.39, 0.29) is 11.8 Å². The minimum atomic E-state index is -0.293. The van der Waals surface area contributed by atoms with Crippen molar-refractivity contribution in [1.29, 1.82) is 0 Å². The van der Waals surface area contributed by atoms with Gasteiger partial charge in [-0.1, -0.05) is 51.8 Å². The quantitative estimate of drug-likeness (QED) is 0.339. The Morgan fingerprint density at radius 1 is 0.903 bits per heavy atom. The van der Waals surface area contributed by atoms with Crippen LogP contribution in [0.4, 0.5) is 11.4 Å². The molecule has 2 amide bonds. The summed E-state index contributed by atoms with van der Waals surface area (Å²) in [5.74, 6) is -0.475. The van der Waals surface area contributed by atoms with Gasteiger partial charge < -0.3 is 10.6 Å². The fourth-order valence-electron chi connectivity index (χ4n) is 3.27. The molecule has 0 saturated carbocycles. The molecule has 0 aliphatic carbocycles. The number of fused-ring (bicyclic) bond motifs is 1. The van der Waals surface area contributed by atoms with E-state index in [0.717, 1.165) is 10.0 Å². The summed E-state index contributed by atoms with van der Waals surface area (Å²) in [4.78, 5) is 29.3. The molecule has 0 fully saturated rings. The Morgan fingerprint density at radius 3 is 2.39 bits per heavy atom. The summed E-state index contributed by atoms with van der Waals surface area (Å²) < 4.78 is 0.842. The van der Waals surface area contributed by atoms with Crippen LogP contribution in [0.3, 0.4) is 0 Å². The van der Waals surface area contributed by atoms with Crippen molar-refractivity contribution in [3.8, 4) is 11.3 Å². The number of aromatic nitrogens is 1. The van der Waals surface area contributed by atoms with E-state index < -0.39 is 0 Å². The van der Waals surface area contributed by atoms with Gasteiger partial charge in [0.15, 0.2) is 0 Å². The summed E-state index contributed by atoms with van der Waals surface area (Å²) in [7, 11) is 0. The van der Waals surface area contributed by atoms with Crippen molar-refractivity contribution >= 4 is 61.6 Å². The molecule has 0 aliphatic heterocycles. The highest BCUT2D eigenvalue weighted by molar-refractivity contribution is 9.10. The lowest BCUT2D eigenvalue weighted by atomic mass is 10.0. The number of anilines is 2. The maximum Gasteiger partial charge on any atom is 0.256 e. The lowest BCUT2D eigenvalue weighted by Gasteiger charge is -2.12. The zero-order valence-electron chi connectivity index (χ0n) is 16.4. The molecule has 0 radical (unpaired) electrons. The number of rotatable bonds is 4. The van der Waals surface area contributed by atoms with Crippen LogP contribution in [0.25, 0.3) is 22.2 Å². The van der Waals surface area contributed by atoms with E-state index in [1.165, 1.54) is 6.92 Å². The number of nitrogens with zero attached hydrogens (tertiary/aromatic N) is 1. The molecule has 2 N–H and O–H groups in total. The van der Waals surface area contributed by atoms with Gasteiger partial charge in [0.1, 0.15) is 0 Å². The number of hydrogen-bond donors (Lipinski definition) is 2. The summed E-state index contributed by atoms with van der Waals surface area (Å²) >= 11 is 9.84. The molecule has 31 heavy (non-hydrogen) atoms. The van der Waals surface area contributed by atoms with Crippen LogP contribution in [0, 0.1) is 0 Å². The van der Waals surface area contributed by atoms with Crippen LogP contribution < -0.4 is 10.6 Å². The molecular formula is C24H17BrClN3O2. The van der Waals surface area contributed by atoms with Gasteiger partial charge in [-0.05, 0) is 48.5 Å². The average Bonchev–Trinajstić information content (AvgIpc) is 2.73. The third-order valence-corrected chi connectivity index (χ3v) is 5.43. The van der Waals surface area contributed by atoms with Gasteiger partial charge in [0.25, 0.3) is 5.91 Å². The van der Waals surface area contributed by atoms with E-state index in [1.54, 1.807) is 36.4 Å². The number of carbonyl (C=O) groups is 2. The molecule has 0 bridgehead atoms. The standard InChI is InChI=1S/C24H17BrClN3O2/c1-14(30)27-16-5-4-6-17(12-16)28-24(31)20-13-23(18-7-2-3-8-21(18)26)29-22-10-9-15(25)11-19(20)22/h2-13H,1H3,(H,27,30)(H,28,31). The zero-order chi connectivity index (χ0) is 22.0. The van der Waals surface area contributed by atoms with Crippen LogP contribution in [0.2, 0.25) is 5.02 Å². The van der Waals surface area contributed by atoms with Gasteiger partial charge in [-0.15, -0.1) is 0 Å². The molecular weight excluding hydrogens is 478 g/mol. The van der Waals surface area contributed by atoms with Crippen LogP contribution in [0.5, 0.6) is 0 Å². The monoisotopic (exact) mass is 493 g/mol. The highest BCUT2D eigenvalue weighted by Gasteiger charge is 2.16. The highest BCUT2D eigenvalue weighted by atomic mass is 79.9. The lowest BCUT2D eigenvalue weighted by Crippen LogP contribution is -2.14. The van der Waals surface area contributed by atoms with Gasteiger partial charge in [0.05, 0.1) is 16.8 Å². The van der Waals surface area contributed by atoms with Crippen LogP contribution in [-0.2, 0) is 4.79 Å². The van der Waals surface area contributed by atoms with Crippen molar-refractivity contribution in [3.05, 3.63) is 87.9 Å². The first-order valence-electron chi connectivity index (χ1n) is 9.45. The minimum Gasteiger partial charge on any atom is -0.326 e. The van der Waals surface area contributed by atoms with Gasteiger partial charge in [0, 0.05) is 38.7 Å². The topological polar surface area (TPSA) is 71.1 Å². The molecule has 7 heteroatoms. The first-order chi connectivity index (χ1) is 14.9. The molecule has 154 valence electrons. The average molecular weight is 495 g/mol. The number of nitrogens with one attached hydrogen (secondary N) is 2. The fourth-order valence-corrected chi connectivity index (χ4v) is 3.86. The Hall–Kier alpha value is -3.22. The molecule has 4 aromatic rings. The predicted molar refractivity (Wildman–Crippen MR) is 129 cm³/mol. The number of benzene rings is 3. The molecule has 0 spiro atoms. The second-order valence-corrected chi connectivity index (χ2v) is 8.24. The van der Waals surface area contributed by atoms with Crippen molar-refractivity contribution in [2.75, 3.05) is 10.6 Å². The number of pyridine rings is 1. The van der Waals surface area contributed by atoms with Crippen LogP contribution in [-0.4, -0.2) is 16.8 Å². The molecule has 0 unspecified atom stereocenters. The maximum absolute atomic E-state index is 13.3. The smallest absolute Gasteiger partial charge is 0.256 e. The third kappa shape index (κ3) is 4.76. The third-order valence-electron chi connectivity index (χ3n) is 4.61. The Labute approximate surface area is 192 Å². The second kappa shape index (κ2) is 8.88. The largest absolute Gasteiger partial charge is 0.326 e. The van der Waals surface area contributed by atoms with Crippen molar-refractivity contribution in [2.24, 2.45) is 0 Å². The number of halogens is 2. The van der Waals surface area contributed by atoms with E-state index in [9.17, 15) is 9.59 Å². The van der Waals surface area contributed by atoms with Gasteiger partial charge >= 0.3 is 0 Å². The molecule has 0 saturated heterocycles. The van der Waals surface area contributed by atoms with E-state index in [1.807, 2.05) is 36.4 Å². The van der Waals surface area contributed by atoms with Crippen LogP contribution in [0.15, 0.2) is 77.3 Å². The molecule has 4 rings (SSSR count). The van der Waals surface area contributed by atoms with Crippen molar-refractivity contribution in [2.45, 2.75) is 6.92 Å². The predicted octanol–water partition coefficient (Wildman–Crippen LogP) is 6.53.